The van der Waals surface area contributed by atoms with Gasteiger partial charge in [-0.25, -0.2) is 4.79 Å². The number of aliphatic hydroxyl groups excluding tert-OH is 4. The molecule has 0 aliphatic carbocycles. The topological polar surface area (TPSA) is 223 Å². The molecular formula is C18H32F2N3O10+. The molecule has 7 atom stereocenters. The predicted octanol–water partition coefficient (Wildman–Crippen LogP) is -4.64. The normalized spacial score (nSPS) is 28.0. The first-order chi connectivity index (χ1) is 15.2. The zero-order valence-corrected chi connectivity index (χ0v) is 18.2. The van der Waals surface area contributed by atoms with Gasteiger partial charge in [0.1, 0.15) is 30.5 Å². The van der Waals surface area contributed by atoms with Crippen LogP contribution in [0, 0.1) is 0 Å². The van der Waals surface area contributed by atoms with Crippen molar-refractivity contribution >= 4 is 17.8 Å². The van der Waals surface area contributed by atoms with Crippen LogP contribution in [0.15, 0.2) is 0 Å². The summed E-state index contributed by atoms with van der Waals surface area (Å²) >= 11 is 0. The molecule has 0 bridgehead atoms. The van der Waals surface area contributed by atoms with Crippen molar-refractivity contribution in [2.45, 2.75) is 74.4 Å². The van der Waals surface area contributed by atoms with Crippen LogP contribution >= 0.6 is 0 Å². The number of quaternary nitrogens is 1. The third-order valence-electron chi connectivity index (χ3n) is 5.23. The quantitative estimate of drug-likeness (QED) is 0.0969. The lowest BCUT2D eigenvalue weighted by Gasteiger charge is -2.33. The van der Waals surface area contributed by atoms with Gasteiger partial charge in [-0.15, -0.1) is 0 Å². The number of esters is 1. The van der Waals surface area contributed by atoms with E-state index in [0.717, 1.165) is 0 Å². The molecule has 0 saturated carbocycles. The second kappa shape index (κ2) is 11.9. The molecule has 0 spiro atoms. The second-order valence-electron chi connectivity index (χ2n) is 7.74. The van der Waals surface area contributed by atoms with E-state index < -0.39 is 72.6 Å². The molecule has 0 radical (unpaired) electrons. The predicted molar refractivity (Wildman–Crippen MR) is 103 cm³/mol. The largest absolute Gasteiger partial charge is 0.467 e. The minimum atomic E-state index is -4.73. The Kier molecular flexibility index (Phi) is 10.5. The molecule has 1 unspecified atom stereocenters. The number of amides is 2. The fraction of sp³-hybridized carbons (Fsp3) is 0.833. The standard InChI is InChI=1S/C18H31F2N3O10/c1-8(15(29)32-2)23-14(28)9(21)5-3-4-6-22-16(30)17(19,20)18(31)13(27)11(26)12(33-18)10(25)7-24/h8-13,24-27,31H,3-7,21H2,1-2H3,(H,22,30)(H,23,28)/p+1/t8-,9-,10?,11-,12-,13+,18+/m0/s1. The van der Waals surface area contributed by atoms with Crippen molar-refractivity contribution < 1.29 is 63.9 Å². The van der Waals surface area contributed by atoms with Crippen LogP contribution in [0.1, 0.15) is 26.2 Å². The van der Waals surface area contributed by atoms with Crippen LogP contribution in [0.25, 0.3) is 0 Å². The summed E-state index contributed by atoms with van der Waals surface area (Å²) in [5, 5.41) is 52.3. The maximum Gasteiger partial charge on any atom is 0.379 e. The maximum absolute atomic E-state index is 14.5. The Morgan fingerprint density at radius 1 is 1.27 bits per heavy atom. The molecule has 1 rings (SSSR count). The molecule has 0 aromatic rings. The Balaban J connectivity index is 2.53. The van der Waals surface area contributed by atoms with E-state index in [1.807, 2.05) is 5.32 Å². The fourth-order valence-electron chi connectivity index (χ4n) is 3.12. The molecule has 1 fully saturated rings. The van der Waals surface area contributed by atoms with E-state index in [4.69, 9.17) is 5.11 Å². The molecule has 0 aromatic carbocycles. The maximum atomic E-state index is 14.5. The van der Waals surface area contributed by atoms with Gasteiger partial charge < -0.3 is 51.4 Å². The highest BCUT2D eigenvalue weighted by Gasteiger charge is 2.71. The molecule has 0 aromatic heterocycles. The van der Waals surface area contributed by atoms with Crippen LogP contribution in [0.4, 0.5) is 8.78 Å². The number of carbonyl (C=O) groups is 3. The highest BCUT2D eigenvalue weighted by Crippen LogP contribution is 2.42. The SMILES string of the molecule is COC(=O)[C@H](C)NC(=O)[C@@H]([NH3+])CCCCNC(=O)C(F)(F)[C@]1(O)O[C@@H](C(O)CO)[C@H](O)[C@H]1O. The lowest BCUT2D eigenvalue weighted by atomic mass is 9.97. The number of rotatable bonds is 12. The second-order valence-corrected chi connectivity index (χ2v) is 7.74. The van der Waals surface area contributed by atoms with Gasteiger partial charge in [0, 0.05) is 13.0 Å². The highest BCUT2D eigenvalue weighted by molar-refractivity contribution is 5.86. The number of hydrogen-bond acceptors (Lipinski definition) is 10. The molecule has 33 heavy (non-hydrogen) atoms. The monoisotopic (exact) mass is 488 g/mol. The lowest BCUT2D eigenvalue weighted by molar-refractivity contribution is -0.405. The minimum Gasteiger partial charge on any atom is -0.467 e. The first-order valence-corrected chi connectivity index (χ1v) is 10.2. The van der Waals surface area contributed by atoms with E-state index >= 15 is 0 Å². The van der Waals surface area contributed by atoms with Crippen LogP contribution in [0.3, 0.4) is 0 Å². The summed E-state index contributed by atoms with van der Waals surface area (Å²) in [5.74, 6) is -11.7. The van der Waals surface area contributed by atoms with Gasteiger partial charge >= 0.3 is 11.9 Å². The zero-order valence-electron chi connectivity index (χ0n) is 18.2. The molecule has 1 saturated heterocycles. The van der Waals surface area contributed by atoms with Crippen LogP contribution in [-0.4, -0.2) is 112 Å². The summed E-state index contributed by atoms with van der Waals surface area (Å²) in [6.45, 7) is 0.116. The smallest absolute Gasteiger partial charge is 0.379 e. The van der Waals surface area contributed by atoms with Crippen LogP contribution in [0.2, 0.25) is 0 Å². The van der Waals surface area contributed by atoms with Gasteiger partial charge in [0.25, 0.3) is 17.6 Å². The van der Waals surface area contributed by atoms with Crippen molar-refractivity contribution in [3.05, 3.63) is 0 Å². The third kappa shape index (κ3) is 6.53. The van der Waals surface area contributed by atoms with Crippen LogP contribution < -0.4 is 16.4 Å². The highest BCUT2D eigenvalue weighted by atomic mass is 19.3. The number of nitrogens with one attached hydrogen (secondary N) is 2. The van der Waals surface area contributed by atoms with Crippen molar-refractivity contribution in [3.63, 3.8) is 0 Å². The third-order valence-corrected chi connectivity index (χ3v) is 5.23. The summed E-state index contributed by atoms with van der Waals surface area (Å²) in [5.41, 5.74) is 3.64. The number of aliphatic hydroxyl groups is 5. The van der Waals surface area contributed by atoms with Crippen molar-refractivity contribution in [1.82, 2.24) is 10.6 Å². The Morgan fingerprint density at radius 3 is 2.42 bits per heavy atom. The van der Waals surface area contributed by atoms with E-state index in [0.29, 0.717) is 0 Å². The number of halogens is 2. The summed E-state index contributed by atoms with van der Waals surface area (Å²) in [7, 11) is 1.17. The van der Waals surface area contributed by atoms with Gasteiger partial charge in [0.05, 0.1) is 13.7 Å². The lowest BCUT2D eigenvalue weighted by Crippen LogP contribution is -2.68. The van der Waals surface area contributed by atoms with Gasteiger partial charge in [-0.3, -0.25) is 9.59 Å². The van der Waals surface area contributed by atoms with Crippen LogP contribution in [-0.2, 0) is 23.9 Å². The minimum absolute atomic E-state index is 0.143. The Bertz CT molecular complexity index is 700. The van der Waals surface area contributed by atoms with Gasteiger partial charge in [-0.2, -0.15) is 8.78 Å². The number of methoxy groups -OCH3 is 1. The molecule has 1 aliphatic rings. The number of ether oxygens (including phenoxy) is 2. The Labute approximate surface area is 187 Å². The Hall–Kier alpha value is -2.01. The van der Waals surface area contributed by atoms with E-state index in [-0.39, 0.29) is 25.8 Å². The number of carbonyl (C=O) groups excluding carboxylic acids is 3. The van der Waals surface area contributed by atoms with Crippen LogP contribution in [0.5, 0.6) is 0 Å². The zero-order chi connectivity index (χ0) is 25.6. The molecule has 2 amide bonds. The van der Waals surface area contributed by atoms with E-state index in [1.54, 1.807) is 0 Å². The molecular weight excluding hydrogens is 456 g/mol. The van der Waals surface area contributed by atoms with Gasteiger partial charge in [0.2, 0.25) is 0 Å². The van der Waals surface area contributed by atoms with E-state index in [1.165, 1.54) is 14.0 Å². The van der Waals surface area contributed by atoms with E-state index in [2.05, 4.69) is 20.5 Å². The molecule has 13 nitrogen and oxygen atoms in total. The number of unbranched alkanes of at least 4 members (excludes halogenated alkanes) is 1. The molecule has 10 N–H and O–H groups in total. The molecule has 192 valence electrons. The Morgan fingerprint density at radius 2 is 1.88 bits per heavy atom. The average molecular weight is 488 g/mol. The van der Waals surface area contributed by atoms with Crippen molar-refractivity contribution in [3.8, 4) is 0 Å². The van der Waals surface area contributed by atoms with Crippen molar-refractivity contribution in [2.75, 3.05) is 20.3 Å². The number of hydrogen-bond donors (Lipinski definition) is 8. The first-order valence-electron chi connectivity index (χ1n) is 10.2. The van der Waals surface area contributed by atoms with Gasteiger partial charge in [0.15, 0.2) is 6.04 Å². The van der Waals surface area contributed by atoms with Crippen molar-refractivity contribution in [2.24, 2.45) is 0 Å². The molecule has 1 heterocycles. The van der Waals surface area contributed by atoms with E-state index in [9.17, 15) is 43.6 Å². The summed E-state index contributed by atoms with van der Waals surface area (Å²) in [6.07, 6.45) is -8.07. The molecule has 1 aliphatic heterocycles. The molecule has 15 heteroatoms. The first kappa shape index (κ1) is 29.0. The fourth-order valence-corrected chi connectivity index (χ4v) is 3.12. The van der Waals surface area contributed by atoms with Gasteiger partial charge in [-0.1, -0.05) is 0 Å². The summed E-state index contributed by atoms with van der Waals surface area (Å²) in [4.78, 5) is 35.2. The van der Waals surface area contributed by atoms with Gasteiger partial charge in [-0.05, 0) is 19.8 Å². The average Bonchev–Trinajstić information content (AvgIpc) is 3.02. The summed E-state index contributed by atoms with van der Waals surface area (Å²) < 4.78 is 38.0. The summed E-state index contributed by atoms with van der Waals surface area (Å²) in [6, 6.07) is -1.63. The number of alkyl halides is 2. The van der Waals surface area contributed by atoms with Crippen molar-refractivity contribution in [1.29, 1.82) is 0 Å².